The second kappa shape index (κ2) is 4.68. The van der Waals surface area contributed by atoms with Gasteiger partial charge in [-0.05, 0) is 30.3 Å². The van der Waals surface area contributed by atoms with Gasteiger partial charge in [0.25, 0.3) is 0 Å². The van der Waals surface area contributed by atoms with Crippen molar-refractivity contribution in [1.82, 2.24) is 0 Å². The Balaban J connectivity index is 2.23. The number of anilines is 1. The fraction of sp³-hybridized carbons (Fsp3) is 0.0769. The van der Waals surface area contributed by atoms with Gasteiger partial charge in [-0.3, -0.25) is 0 Å². The van der Waals surface area contributed by atoms with Gasteiger partial charge in [0.15, 0.2) is 0 Å². The highest BCUT2D eigenvalue weighted by Crippen LogP contribution is 2.25. The Labute approximate surface area is 94.1 Å². The van der Waals surface area contributed by atoms with Crippen LogP contribution in [0.3, 0.4) is 0 Å². The van der Waals surface area contributed by atoms with Crippen LogP contribution in [-0.4, -0.2) is 5.11 Å². The normalized spacial score (nSPS) is 10.1. The maximum absolute atomic E-state index is 9.14. The molecule has 0 unspecified atom stereocenters. The first-order chi connectivity index (χ1) is 7.79. The topological polar surface area (TPSA) is 55.5 Å². The molecular formula is C13H13NO2. The maximum Gasteiger partial charge on any atom is 0.132 e. The van der Waals surface area contributed by atoms with Gasteiger partial charge in [0.2, 0.25) is 0 Å². The molecule has 82 valence electrons. The van der Waals surface area contributed by atoms with Crippen LogP contribution in [0.2, 0.25) is 0 Å². The number of hydrogen-bond acceptors (Lipinski definition) is 3. The van der Waals surface area contributed by atoms with Crippen molar-refractivity contribution in [3.63, 3.8) is 0 Å². The average Bonchev–Trinajstić information content (AvgIpc) is 2.33. The second-order valence-electron chi connectivity index (χ2n) is 3.44. The predicted octanol–water partition coefficient (Wildman–Crippen LogP) is 2.55. The van der Waals surface area contributed by atoms with E-state index < -0.39 is 0 Å². The Hall–Kier alpha value is -2.00. The Bertz CT molecular complexity index is 466. The van der Waals surface area contributed by atoms with Gasteiger partial charge in [-0.2, -0.15) is 0 Å². The number of para-hydroxylation sites is 1. The van der Waals surface area contributed by atoms with Gasteiger partial charge in [0.1, 0.15) is 11.5 Å². The predicted molar refractivity (Wildman–Crippen MR) is 63.3 cm³/mol. The first-order valence-corrected chi connectivity index (χ1v) is 5.02. The summed E-state index contributed by atoms with van der Waals surface area (Å²) in [6, 6.07) is 14.5. The molecule has 0 aliphatic rings. The van der Waals surface area contributed by atoms with Crippen molar-refractivity contribution in [2.24, 2.45) is 0 Å². The van der Waals surface area contributed by atoms with Crippen molar-refractivity contribution < 1.29 is 9.84 Å². The Morgan fingerprint density at radius 2 is 1.69 bits per heavy atom. The van der Waals surface area contributed by atoms with Crippen molar-refractivity contribution in [2.75, 3.05) is 5.73 Å². The van der Waals surface area contributed by atoms with E-state index in [9.17, 15) is 0 Å². The third kappa shape index (κ3) is 2.32. The van der Waals surface area contributed by atoms with Gasteiger partial charge in [-0.15, -0.1) is 0 Å². The quantitative estimate of drug-likeness (QED) is 0.773. The Morgan fingerprint density at radius 3 is 2.38 bits per heavy atom. The third-order valence-corrected chi connectivity index (χ3v) is 2.25. The van der Waals surface area contributed by atoms with Gasteiger partial charge in [0.05, 0.1) is 6.61 Å². The molecule has 3 heteroatoms. The Kier molecular flexibility index (Phi) is 3.08. The molecule has 16 heavy (non-hydrogen) atoms. The summed E-state index contributed by atoms with van der Waals surface area (Å²) in [5.41, 5.74) is 7.04. The van der Waals surface area contributed by atoms with Gasteiger partial charge in [-0.1, -0.05) is 18.2 Å². The van der Waals surface area contributed by atoms with Crippen molar-refractivity contribution in [1.29, 1.82) is 0 Å². The van der Waals surface area contributed by atoms with Crippen molar-refractivity contribution in [2.45, 2.75) is 6.61 Å². The van der Waals surface area contributed by atoms with Crippen LogP contribution in [0.5, 0.6) is 11.5 Å². The summed E-state index contributed by atoms with van der Waals surface area (Å²) in [5, 5.41) is 9.14. The van der Waals surface area contributed by atoms with Crippen molar-refractivity contribution >= 4 is 5.69 Å². The van der Waals surface area contributed by atoms with E-state index in [-0.39, 0.29) is 6.61 Å². The molecule has 0 heterocycles. The van der Waals surface area contributed by atoms with E-state index in [0.717, 1.165) is 5.56 Å². The molecule has 0 saturated carbocycles. The monoisotopic (exact) mass is 215 g/mol. The fourth-order valence-corrected chi connectivity index (χ4v) is 1.40. The highest BCUT2D eigenvalue weighted by atomic mass is 16.5. The smallest absolute Gasteiger partial charge is 0.132 e. The van der Waals surface area contributed by atoms with E-state index in [2.05, 4.69) is 0 Å². The summed E-state index contributed by atoms with van der Waals surface area (Å²) in [4.78, 5) is 0. The summed E-state index contributed by atoms with van der Waals surface area (Å²) in [7, 11) is 0. The minimum atomic E-state index is -0.0366. The SMILES string of the molecule is Nc1ccc(Oc2ccccc2CO)cc1. The fourth-order valence-electron chi connectivity index (χ4n) is 1.40. The van der Waals surface area contributed by atoms with Crippen LogP contribution >= 0.6 is 0 Å². The molecule has 0 saturated heterocycles. The van der Waals surface area contributed by atoms with Gasteiger partial charge in [0, 0.05) is 11.3 Å². The average molecular weight is 215 g/mol. The van der Waals surface area contributed by atoms with Crippen LogP contribution in [0.4, 0.5) is 5.69 Å². The molecule has 0 atom stereocenters. The summed E-state index contributed by atoms with van der Waals surface area (Å²) in [5.74, 6) is 1.37. The number of ether oxygens (including phenoxy) is 1. The molecule has 0 amide bonds. The summed E-state index contributed by atoms with van der Waals surface area (Å²) in [6.07, 6.45) is 0. The summed E-state index contributed by atoms with van der Waals surface area (Å²) < 4.78 is 5.64. The molecule has 0 radical (unpaired) electrons. The number of aliphatic hydroxyl groups is 1. The van der Waals surface area contributed by atoms with E-state index in [1.54, 1.807) is 24.3 Å². The van der Waals surface area contributed by atoms with Crippen molar-refractivity contribution in [3.05, 3.63) is 54.1 Å². The molecule has 0 aliphatic heterocycles. The van der Waals surface area contributed by atoms with E-state index in [1.165, 1.54) is 0 Å². The standard InChI is InChI=1S/C13H13NO2/c14-11-5-7-12(8-6-11)16-13-4-2-1-3-10(13)9-15/h1-8,15H,9,14H2. The molecule has 0 aliphatic carbocycles. The first-order valence-electron chi connectivity index (χ1n) is 5.02. The van der Waals surface area contributed by atoms with Crippen LogP contribution in [0.15, 0.2) is 48.5 Å². The second-order valence-corrected chi connectivity index (χ2v) is 3.44. The van der Waals surface area contributed by atoms with E-state index >= 15 is 0 Å². The molecule has 3 nitrogen and oxygen atoms in total. The minimum absolute atomic E-state index is 0.0366. The zero-order valence-electron chi connectivity index (χ0n) is 8.76. The number of nitrogen functional groups attached to an aromatic ring is 1. The zero-order valence-corrected chi connectivity index (χ0v) is 8.76. The lowest BCUT2D eigenvalue weighted by atomic mass is 10.2. The van der Waals surface area contributed by atoms with E-state index in [4.69, 9.17) is 15.6 Å². The number of rotatable bonds is 3. The number of hydrogen-bond donors (Lipinski definition) is 2. The molecular weight excluding hydrogens is 202 g/mol. The molecule has 0 fully saturated rings. The largest absolute Gasteiger partial charge is 0.457 e. The van der Waals surface area contributed by atoms with E-state index in [0.29, 0.717) is 17.2 Å². The van der Waals surface area contributed by atoms with E-state index in [1.807, 2.05) is 24.3 Å². The Morgan fingerprint density at radius 1 is 1.00 bits per heavy atom. The lowest BCUT2D eigenvalue weighted by Gasteiger charge is -2.09. The van der Waals surface area contributed by atoms with Crippen LogP contribution in [-0.2, 0) is 6.61 Å². The van der Waals surface area contributed by atoms with Gasteiger partial charge >= 0.3 is 0 Å². The molecule has 3 N–H and O–H groups in total. The molecule has 2 aromatic carbocycles. The summed E-state index contributed by atoms with van der Waals surface area (Å²) >= 11 is 0. The van der Waals surface area contributed by atoms with Gasteiger partial charge in [-0.25, -0.2) is 0 Å². The number of benzene rings is 2. The molecule has 0 bridgehead atoms. The molecule has 0 spiro atoms. The highest BCUT2D eigenvalue weighted by molar-refractivity contribution is 5.44. The minimum Gasteiger partial charge on any atom is -0.457 e. The van der Waals surface area contributed by atoms with Gasteiger partial charge < -0.3 is 15.6 Å². The zero-order chi connectivity index (χ0) is 11.4. The summed E-state index contributed by atoms with van der Waals surface area (Å²) in [6.45, 7) is -0.0366. The molecule has 2 aromatic rings. The highest BCUT2D eigenvalue weighted by Gasteiger charge is 2.02. The molecule has 0 aromatic heterocycles. The van der Waals surface area contributed by atoms with Crippen LogP contribution in [0.25, 0.3) is 0 Å². The number of nitrogens with two attached hydrogens (primary N) is 1. The van der Waals surface area contributed by atoms with Crippen LogP contribution in [0.1, 0.15) is 5.56 Å². The first kappa shape index (κ1) is 10.5. The van der Waals surface area contributed by atoms with Crippen molar-refractivity contribution in [3.8, 4) is 11.5 Å². The van der Waals surface area contributed by atoms with Crippen LogP contribution in [0, 0.1) is 0 Å². The maximum atomic E-state index is 9.14. The molecule has 2 rings (SSSR count). The lowest BCUT2D eigenvalue weighted by molar-refractivity contribution is 0.276. The third-order valence-electron chi connectivity index (χ3n) is 2.25. The van der Waals surface area contributed by atoms with Crippen LogP contribution < -0.4 is 10.5 Å². The number of aliphatic hydroxyl groups excluding tert-OH is 1. The lowest BCUT2D eigenvalue weighted by Crippen LogP contribution is -1.91.